The minimum absolute atomic E-state index is 0.115. The molecule has 0 radical (unpaired) electrons. The average molecular weight is 103 g/mol. The largest absolute Gasteiger partial charge is 0.387 e. The maximum absolute atomic E-state index is 8.53. The lowest BCUT2D eigenvalue weighted by atomic mass is 10.4. The topological polar surface area (TPSA) is 55.5 Å². The SMILES string of the molecule is C=CC(O)CON. The van der Waals surface area contributed by atoms with Crippen LogP contribution in [0.1, 0.15) is 0 Å². The summed E-state index contributed by atoms with van der Waals surface area (Å²) in [6.45, 7) is 3.41. The van der Waals surface area contributed by atoms with Gasteiger partial charge in [0.2, 0.25) is 0 Å². The fourth-order valence-electron chi connectivity index (χ4n) is 0.167. The summed E-state index contributed by atoms with van der Waals surface area (Å²) in [4.78, 5) is 4.07. The minimum Gasteiger partial charge on any atom is -0.387 e. The van der Waals surface area contributed by atoms with E-state index in [1.54, 1.807) is 0 Å². The molecular weight excluding hydrogens is 94.0 g/mol. The van der Waals surface area contributed by atoms with E-state index in [0.717, 1.165) is 0 Å². The monoisotopic (exact) mass is 103 g/mol. The van der Waals surface area contributed by atoms with Crippen LogP contribution >= 0.6 is 0 Å². The van der Waals surface area contributed by atoms with Crippen LogP contribution in [0.5, 0.6) is 0 Å². The summed E-state index contributed by atoms with van der Waals surface area (Å²) in [5.41, 5.74) is 0. The van der Waals surface area contributed by atoms with E-state index in [2.05, 4.69) is 17.3 Å². The summed E-state index contributed by atoms with van der Waals surface area (Å²) in [6.07, 6.45) is 0.720. The van der Waals surface area contributed by atoms with Gasteiger partial charge in [0.1, 0.15) is 0 Å². The normalized spacial score (nSPS) is 13.4. The first-order valence-electron chi connectivity index (χ1n) is 1.93. The molecule has 0 saturated heterocycles. The zero-order valence-corrected chi connectivity index (χ0v) is 4.00. The Labute approximate surface area is 42.3 Å². The summed E-state index contributed by atoms with van der Waals surface area (Å²) in [6, 6.07) is 0. The molecular formula is C4H9NO2. The van der Waals surface area contributed by atoms with Crippen LogP contribution < -0.4 is 5.90 Å². The number of nitrogens with two attached hydrogens (primary N) is 1. The maximum atomic E-state index is 8.53. The van der Waals surface area contributed by atoms with Crippen molar-refractivity contribution in [2.45, 2.75) is 6.10 Å². The van der Waals surface area contributed by atoms with Crippen LogP contribution in [0.25, 0.3) is 0 Å². The zero-order valence-electron chi connectivity index (χ0n) is 4.00. The lowest BCUT2D eigenvalue weighted by molar-refractivity contribution is 0.0602. The quantitative estimate of drug-likeness (QED) is 0.371. The Kier molecular flexibility index (Phi) is 3.59. The number of hydrogen-bond donors (Lipinski definition) is 2. The molecule has 0 aliphatic carbocycles. The van der Waals surface area contributed by atoms with E-state index in [0.29, 0.717) is 0 Å². The van der Waals surface area contributed by atoms with Gasteiger partial charge in [0.05, 0.1) is 12.7 Å². The molecule has 0 aromatic heterocycles. The van der Waals surface area contributed by atoms with Gasteiger partial charge in [-0.2, -0.15) is 0 Å². The summed E-state index contributed by atoms with van der Waals surface area (Å²) >= 11 is 0. The molecule has 1 unspecified atom stereocenters. The summed E-state index contributed by atoms with van der Waals surface area (Å²) in [5, 5.41) is 8.53. The average Bonchev–Trinajstić information content (AvgIpc) is 1.68. The van der Waals surface area contributed by atoms with Crippen LogP contribution in [0.15, 0.2) is 12.7 Å². The predicted molar refractivity (Wildman–Crippen MR) is 26.3 cm³/mol. The van der Waals surface area contributed by atoms with Crippen molar-refractivity contribution in [1.29, 1.82) is 0 Å². The molecule has 1 atom stereocenters. The van der Waals surface area contributed by atoms with E-state index in [4.69, 9.17) is 5.11 Å². The fraction of sp³-hybridized carbons (Fsp3) is 0.500. The second-order valence-corrected chi connectivity index (χ2v) is 1.14. The first-order valence-corrected chi connectivity index (χ1v) is 1.93. The molecule has 7 heavy (non-hydrogen) atoms. The highest BCUT2D eigenvalue weighted by Crippen LogP contribution is 1.79. The maximum Gasteiger partial charge on any atom is 0.0974 e. The predicted octanol–water partition coefficient (Wildman–Crippen LogP) is -0.576. The van der Waals surface area contributed by atoms with E-state index < -0.39 is 6.10 Å². The van der Waals surface area contributed by atoms with Crippen molar-refractivity contribution in [3.8, 4) is 0 Å². The number of aliphatic hydroxyl groups is 1. The first-order chi connectivity index (χ1) is 3.31. The lowest BCUT2D eigenvalue weighted by Gasteiger charge is -1.98. The molecule has 0 rings (SSSR count). The van der Waals surface area contributed by atoms with E-state index in [-0.39, 0.29) is 6.61 Å². The van der Waals surface area contributed by atoms with Gasteiger partial charge in [0, 0.05) is 0 Å². The highest BCUT2D eigenvalue weighted by molar-refractivity contribution is 4.76. The molecule has 3 heteroatoms. The molecule has 3 nitrogen and oxygen atoms in total. The number of hydrogen-bond acceptors (Lipinski definition) is 3. The highest BCUT2D eigenvalue weighted by atomic mass is 16.6. The molecule has 42 valence electrons. The second-order valence-electron chi connectivity index (χ2n) is 1.14. The molecule has 0 bridgehead atoms. The molecule has 0 aliphatic rings. The first kappa shape index (κ1) is 6.62. The van der Waals surface area contributed by atoms with Gasteiger partial charge in [-0.15, -0.1) is 6.58 Å². The third-order valence-corrected chi connectivity index (χ3v) is 0.539. The third-order valence-electron chi connectivity index (χ3n) is 0.539. The van der Waals surface area contributed by atoms with Crippen molar-refractivity contribution in [2.75, 3.05) is 6.61 Å². The highest BCUT2D eigenvalue weighted by Gasteiger charge is 1.92. The molecule has 0 spiro atoms. The van der Waals surface area contributed by atoms with Gasteiger partial charge in [0.25, 0.3) is 0 Å². The van der Waals surface area contributed by atoms with Crippen LogP contribution in [0.2, 0.25) is 0 Å². The Bertz CT molecular complexity index is 55.7. The lowest BCUT2D eigenvalue weighted by Crippen LogP contribution is -2.14. The fourth-order valence-corrected chi connectivity index (χ4v) is 0.167. The molecule has 0 heterocycles. The zero-order chi connectivity index (χ0) is 5.70. The molecule has 0 aromatic rings. The van der Waals surface area contributed by atoms with Gasteiger partial charge in [-0.1, -0.05) is 6.08 Å². The van der Waals surface area contributed by atoms with Gasteiger partial charge >= 0.3 is 0 Å². The van der Waals surface area contributed by atoms with Gasteiger partial charge in [-0.25, -0.2) is 5.90 Å². The van der Waals surface area contributed by atoms with Gasteiger partial charge in [-0.05, 0) is 0 Å². The molecule has 0 saturated carbocycles. The van der Waals surface area contributed by atoms with E-state index >= 15 is 0 Å². The van der Waals surface area contributed by atoms with Crippen LogP contribution in [-0.4, -0.2) is 17.8 Å². The van der Waals surface area contributed by atoms with Crippen LogP contribution in [0.3, 0.4) is 0 Å². The summed E-state index contributed by atoms with van der Waals surface area (Å²) < 4.78 is 0. The van der Waals surface area contributed by atoms with Gasteiger partial charge in [-0.3, -0.25) is 0 Å². The number of aliphatic hydroxyl groups excluding tert-OH is 1. The van der Waals surface area contributed by atoms with Crippen molar-refractivity contribution in [3.05, 3.63) is 12.7 Å². The summed E-state index contributed by atoms with van der Waals surface area (Å²) in [5.74, 6) is 4.60. The Morgan fingerprint density at radius 1 is 2.00 bits per heavy atom. The summed E-state index contributed by atoms with van der Waals surface area (Å²) in [7, 11) is 0. The second kappa shape index (κ2) is 3.80. The minimum atomic E-state index is -0.634. The van der Waals surface area contributed by atoms with Crippen molar-refractivity contribution in [3.63, 3.8) is 0 Å². The van der Waals surface area contributed by atoms with E-state index in [1.165, 1.54) is 6.08 Å². The van der Waals surface area contributed by atoms with E-state index in [9.17, 15) is 0 Å². The molecule has 0 aromatic carbocycles. The van der Waals surface area contributed by atoms with Crippen LogP contribution in [0, 0.1) is 0 Å². The van der Waals surface area contributed by atoms with Crippen LogP contribution in [0.4, 0.5) is 0 Å². The third kappa shape index (κ3) is 3.45. The van der Waals surface area contributed by atoms with Crippen LogP contribution in [-0.2, 0) is 4.84 Å². The molecule has 0 fully saturated rings. The van der Waals surface area contributed by atoms with Crippen molar-refractivity contribution in [2.24, 2.45) is 5.90 Å². The molecule has 0 aliphatic heterocycles. The van der Waals surface area contributed by atoms with Crippen molar-refractivity contribution in [1.82, 2.24) is 0 Å². The van der Waals surface area contributed by atoms with Crippen molar-refractivity contribution >= 4 is 0 Å². The smallest absolute Gasteiger partial charge is 0.0974 e. The Balaban J connectivity index is 2.98. The molecule has 0 amide bonds. The van der Waals surface area contributed by atoms with Gasteiger partial charge < -0.3 is 9.94 Å². The van der Waals surface area contributed by atoms with Crippen molar-refractivity contribution < 1.29 is 9.94 Å². The Morgan fingerprint density at radius 3 is 2.71 bits per heavy atom. The van der Waals surface area contributed by atoms with Gasteiger partial charge in [0.15, 0.2) is 0 Å². The number of rotatable bonds is 3. The standard InChI is InChI=1S/C4H9NO2/c1-2-4(6)3-7-5/h2,4,6H,1,3,5H2. The Morgan fingerprint density at radius 2 is 2.57 bits per heavy atom. The molecule has 3 N–H and O–H groups in total. The Hall–Kier alpha value is -0.380. The van der Waals surface area contributed by atoms with E-state index in [1.807, 2.05) is 0 Å².